The van der Waals surface area contributed by atoms with E-state index >= 15 is 0 Å². The fraction of sp³-hybridized carbons (Fsp3) is 1.00. The second-order valence-electron chi connectivity index (χ2n) is 7.08. The zero-order valence-corrected chi connectivity index (χ0v) is 20.2. The van der Waals surface area contributed by atoms with Crippen molar-refractivity contribution in [3.63, 3.8) is 0 Å². The van der Waals surface area contributed by atoms with Crippen LogP contribution in [-0.2, 0) is 6.15 Å². The molecule has 0 aliphatic rings. The Bertz CT molecular complexity index is 423. The first-order valence-electron chi connectivity index (χ1n) is 10.2. The van der Waals surface area contributed by atoms with E-state index in [4.69, 9.17) is 6.15 Å². The molecule has 6 unspecified atom stereocenters. The van der Waals surface area contributed by atoms with Crippen LogP contribution in [0.15, 0.2) is 0 Å². The van der Waals surface area contributed by atoms with Gasteiger partial charge in [0.15, 0.2) is 0 Å². The topological polar surface area (TPSA) is 18.5 Å². The molecule has 2 nitrogen and oxygen atoms in total. The second kappa shape index (κ2) is 15.8. The third kappa shape index (κ3) is 9.42. The predicted octanol–water partition coefficient (Wildman–Crippen LogP) is 6.48. The quantitative estimate of drug-likeness (QED) is 0.104. The van der Waals surface area contributed by atoms with Crippen molar-refractivity contribution < 1.29 is 50.1 Å². The van der Waals surface area contributed by atoms with Crippen LogP contribution >= 0.6 is 0 Å². The molecular weight excluding hydrogens is 557 g/mol. The van der Waals surface area contributed by atoms with Crippen LogP contribution in [0.1, 0.15) is 52.4 Å². The van der Waals surface area contributed by atoms with Gasteiger partial charge in [-0.3, -0.25) is 0 Å². The zero-order chi connectivity index (χ0) is 24.2. The second-order valence-corrected chi connectivity index (χ2v) is 16.0. The van der Waals surface area contributed by atoms with Gasteiger partial charge in [-0.15, -0.1) is 0 Å². The van der Waals surface area contributed by atoms with Gasteiger partial charge in [0.2, 0.25) is 0 Å². The van der Waals surface area contributed by atoms with Crippen molar-refractivity contribution in [2.45, 2.75) is 98.3 Å². The number of halogens is 10. The van der Waals surface area contributed by atoms with Crippen LogP contribution < -0.4 is 0 Å². The van der Waals surface area contributed by atoms with E-state index in [1.807, 2.05) is 0 Å². The van der Waals surface area contributed by atoms with E-state index in [-0.39, 0.29) is 12.8 Å². The van der Waals surface area contributed by atoms with Crippen molar-refractivity contribution in [3.8, 4) is 0 Å². The third-order valence-corrected chi connectivity index (χ3v) is 14.5. The molecule has 0 bridgehead atoms. The molecule has 0 aliphatic heterocycles. The molecule has 0 radical (unpaired) electrons. The maximum atomic E-state index is 15.0. The van der Waals surface area contributed by atoms with Crippen LogP contribution in [0, 0.1) is 0 Å². The monoisotopic (exact) mass is 588 g/mol. The van der Waals surface area contributed by atoms with Gasteiger partial charge in [0.25, 0.3) is 0 Å². The Labute approximate surface area is 181 Å². The number of hydrogen-bond donors (Lipinski definition) is 0. The fourth-order valence-corrected chi connectivity index (χ4v) is 11.9. The van der Waals surface area contributed by atoms with Crippen LogP contribution in [0.5, 0.6) is 0 Å². The summed E-state index contributed by atoms with van der Waals surface area (Å²) in [5.74, 6) is 0. The van der Waals surface area contributed by atoms with Gasteiger partial charge in [-0.25, -0.2) is 0 Å². The predicted molar refractivity (Wildman–Crippen MR) is 98.1 cm³/mol. The minimum absolute atomic E-state index is 0.114. The normalized spacial score (nSPS) is 18.8. The first kappa shape index (κ1) is 31.0. The Balaban J connectivity index is 6.06. The molecule has 0 aromatic carbocycles. The van der Waals surface area contributed by atoms with Gasteiger partial charge in [-0.05, 0) is 0 Å². The van der Waals surface area contributed by atoms with E-state index < -0.39 is 78.3 Å². The van der Waals surface area contributed by atoms with Gasteiger partial charge in [0, 0.05) is 0 Å². The third-order valence-electron chi connectivity index (χ3n) is 4.57. The molecule has 0 aliphatic carbocycles. The number of unbranched alkanes of at least 4 members (excludes halogenated alkanes) is 4. The summed E-state index contributed by atoms with van der Waals surface area (Å²) >= 11 is -6.67. The van der Waals surface area contributed by atoms with Crippen molar-refractivity contribution in [3.05, 3.63) is 0 Å². The van der Waals surface area contributed by atoms with Crippen molar-refractivity contribution in [1.82, 2.24) is 0 Å². The number of hydrogen-bond acceptors (Lipinski definition) is 2. The summed E-state index contributed by atoms with van der Waals surface area (Å²) in [7, 11) is 0. The Morgan fingerprint density at radius 3 is 1.10 bits per heavy atom. The van der Waals surface area contributed by atoms with Crippen molar-refractivity contribution in [2.24, 2.45) is 0 Å². The summed E-state index contributed by atoms with van der Waals surface area (Å²) in [4.78, 5) is 0. The van der Waals surface area contributed by atoms with E-state index in [1.54, 1.807) is 13.8 Å². The molecule has 6 atom stereocenters. The van der Waals surface area contributed by atoms with Crippen LogP contribution in [0.3, 0.4) is 0 Å². The van der Waals surface area contributed by atoms with Crippen LogP contribution in [0.2, 0.25) is 0 Å². The first-order chi connectivity index (χ1) is 14.5. The Kier molecular flexibility index (Phi) is 15.8. The van der Waals surface area contributed by atoms with Crippen molar-refractivity contribution in [2.75, 3.05) is 13.2 Å². The van der Waals surface area contributed by atoms with E-state index in [9.17, 15) is 43.9 Å². The molecule has 0 spiro atoms. The van der Waals surface area contributed by atoms with E-state index in [0.717, 1.165) is 0 Å². The average molecular weight is 587 g/mol. The number of alkyl halides is 10. The van der Waals surface area contributed by atoms with Crippen molar-refractivity contribution >= 4 is 19.2 Å². The van der Waals surface area contributed by atoms with E-state index in [2.05, 4.69) is 0 Å². The van der Waals surface area contributed by atoms with Gasteiger partial charge in [-0.1, -0.05) is 0 Å². The summed E-state index contributed by atoms with van der Waals surface area (Å²) in [6.07, 6.45) is -20.5. The maximum absolute atomic E-state index is 15.0. The van der Waals surface area contributed by atoms with Crippen LogP contribution in [0.4, 0.5) is 43.9 Å². The van der Waals surface area contributed by atoms with Crippen LogP contribution in [0.25, 0.3) is 0 Å². The summed E-state index contributed by atoms with van der Waals surface area (Å²) in [6, 6.07) is 0. The molecule has 0 aromatic heterocycles. The van der Waals surface area contributed by atoms with Gasteiger partial charge < -0.3 is 0 Å². The molecule has 13 heteroatoms. The molecule has 188 valence electrons. The molecule has 31 heavy (non-hydrogen) atoms. The molecule has 0 rings (SSSR count). The van der Waals surface area contributed by atoms with Gasteiger partial charge in [0.1, 0.15) is 0 Å². The standard InChI is InChI=1S/2C5H11O.2C4H4F5.Sn/c2*1-2-3-4-5-6;2*5-1-2(6)3(7)4(8)9;/h2*2-5H2,1H3;2*1-4H;/q2*-1;;;+2. The molecule has 0 saturated carbocycles. The van der Waals surface area contributed by atoms with Gasteiger partial charge in [0.05, 0.1) is 0 Å². The summed E-state index contributed by atoms with van der Waals surface area (Å²) in [5, 5.41) is 0. The summed E-state index contributed by atoms with van der Waals surface area (Å²) in [6.45, 7) is 2.43. The average Bonchev–Trinajstić information content (AvgIpc) is 2.74. The molecule has 0 saturated heterocycles. The molecule has 0 heterocycles. The SMILES string of the molecule is CCCCC[O][Sn]([O]CCCCC)([CH](F)C(F)C(F)C(F)F)[CH](F)C(F)C(F)C(F)F. The molecule has 0 amide bonds. The van der Waals surface area contributed by atoms with Gasteiger partial charge in [-0.2, -0.15) is 0 Å². The Hall–Kier alpha value is 0.0187. The van der Waals surface area contributed by atoms with Crippen molar-refractivity contribution in [1.29, 1.82) is 0 Å². The molecular formula is C18H30F10O2Sn. The summed E-state index contributed by atoms with van der Waals surface area (Å²) < 4.78 is 139. The van der Waals surface area contributed by atoms with E-state index in [0.29, 0.717) is 25.7 Å². The number of rotatable bonds is 18. The Morgan fingerprint density at radius 2 is 0.839 bits per heavy atom. The molecule has 0 N–H and O–H groups in total. The molecule has 0 aromatic rings. The summed E-state index contributed by atoms with van der Waals surface area (Å²) in [5.41, 5.74) is 0. The first-order valence-corrected chi connectivity index (χ1v) is 15.8. The van der Waals surface area contributed by atoms with Crippen LogP contribution in [-0.4, -0.2) is 78.3 Å². The molecule has 0 fully saturated rings. The zero-order valence-electron chi connectivity index (χ0n) is 17.4. The fourth-order valence-electron chi connectivity index (χ4n) is 2.72. The Morgan fingerprint density at radius 1 is 0.516 bits per heavy atom. The van der Waals surface area contributed by atoms with Gasteiger partial charge >= 0.3 is 181 Å². The minimum atomic E-state index is -6.67. The van der Waals surface area contributed by atoms with E-state index in [1.165, 1.54) is 0 Å².